The van der Waals surface area contributed by atoms with Crippen LogP contribution >= 0.6 is 0 Å². The highest BCUT2D eigenvalue weighted by Gasteiger charge is 2.56. The molecular weight excluding hydrogens is 620 g/mol. The average molecular weight is 660 g/mol. The number of nitrogens with two attached hydrogens (primary N) is 1. The van der Waals surface area contributed by atoms with Crippen molar-refractivity contribution in [2.75, 3.05) is 12.3 Å². The van der Waals surface area contributed by atoms with Crippen molar-refractivity contribution in [3.8, 4) is 0 Å². The third-order valence-corrected chi connectivity index (χ3v) is 17.3. The molecule has 1 fully saturated rings. The maximum Gasteiger partial charge on any atom is 0.523 e. The fourth-order valence-corrected chi connectivity index (χ4v) is 16.2. The van der Waals surface area contributed by atoms with Gasteiger partial charge in [0.2, 0.25) is 5.95 Å². The van der Waals surface area contributed by atoms with E-state index in [1.54, 1.807) is 0 Å². The molecule has 42 heavy (non-hydrogen) atoms. The zero-order valence-corrected chi connectivity index (χ0v) is 27.7. The van der Waals surface area contributed by atoms with E-state index < -0.39 is 63.3 Å². The molecule has 3 heterocycles. The first-order chi connectivity index (χ1) is 19.2. The van der Waals surface area contributed by atoms with Crippen LogP contribution in [-0.4, -0.2) is 81.1 Å². The van der Waals surface area contributed by atoms with Crippen molar-refractivity contribution in [2.45, 2.75) is 108 Å². The van der Waals surface area contributed by atoms with Crippen molar-refractivity contribution in [1.29, 1.82) is 0 Å². The number of aromatic amines is 1. The molecule has 3 rings (SSSR count). The molecule has 1 saturated heterocycles. The minimum Gasteiger partial charge on any atom is -0.437 e. The number of anilines is 1. The third-order valence-electron chi connectivity index (χ3n) is 7.28. The van der Waals surface area contributed by atoms with E-state index in [2.05, 4.69) is 46.8 Å². The van der Waals surface area contributed by atoms with E-state index >= 15 is 0 Å². The van der Waals surface area contributed by atoms with Gasteiger partial charge >= 0.3 is 24.2 Å². The van der Waals surface area contributed by atoms with Gasteiger partial charge in [-0.1, -0.05) is 55.4 Å². The number of aliphatic hydroxyl groups is 1. The van der Waals surface area contributed by atoms with Gasteiger partial charge in [-0.15, -0.1) is 0 Å². The fraction of sp³-hybridized carbons (Fsp3) is 0.783. The summed E-state index contributed by atoms with van der Waals surface area (Å²) in [6.07, 6.45) is -6.04. The fourth-order valence-electron chi connectivity index (χ4n) is 5.29. The van der Waals surface area contributed by atoms with E-state index in [4.69, 9.17) is 19.0 Å². The number of nitrogens with zero attached hydrogens (tertiary/aromatic N) is 3. The van der Waals surface area contributed by atoms with Gasteiger partial charge in [-0.25, -0.2) is 4.98 Å². The Kier molecular flexibility index (Phi) is 10.4. The number of aliphatic hydroxyl groups excluding tert-OH is 1. The molecule has 2 aromatic heterocycles. The number of nitrogens with one attached hydrogen (secondary N) is 1. The van der Waals surface area contributed by atoms with Gasteiger partial charge in [0, 0.05) is 0 Å². The van der Waals surface area contributed by atoms with Crippen molar-refractivity contribution in [1.82, 2.24) is 19.5 Å². The van der Waals surface area contributed by atoms with Crippen LogP contribution in [-0.2, 0) is 27.6 Å². The molecule has 240 valence electrons. The SMILES string of the molecule is CC(C)[SiH](O[Si](OC[C@H]1O[C@@H](n2cnc3c(=O)[nH]c(N)nc32)[C@H](OS(=O)(=O)C(F)(F)F)C1O)(C(C)C)C(C)C)C(C)C. The summed E-state index contributed by atoms with van der Waals surface area (Å²) < 4.78 is 88.8. The Morgan fingerprint density at radius 3 is 2.24 bits per heavy atom. The third kappa shape index (κ3) is 6.77. The Balaban J connectivity index is 2.03. The number of alkyl halides is 3. The molecule has 1 unspecified atom stereocenters. The minimum absolute atomic E-state index is 0.0477. The van der Waals surface area contributed by atoms with E-state index in [-0.39, 0.29) is 34.8 Å². The van der Waals surface area contributed by atoms with Gasteiger partial charge in [-0.05, 0) is 22.2 Å². The monoisotopic (exact) mass is 659 g/mol. The first-order valence-corrected chi connectivity index (χ1v) is 18.8. The highest BCUT2D eigenvalue weighted by molar-refractivity contribution is 7.87. The lowest BCUT2D eigenvalue weighted by molar-refractivity contribution is -0.0698. The molecule has 4 N–H and O–H groups in total. The summed E-state index contributed by atoms with van der Waals surface area (Å²) in [7, 11) is -11.0. The minimum atomic E-state index is -6.17. The molecule has 0 radical (unpaired) electrons. The zero-order valence-electron chi connectivity index (χ0n) is 24.7. The number of hydrogen-bond acceptors (Lipinski definition) is 11. The predicted molar refractivity (Wildman–Crippen MR) is 153 cm³/mol. The number of aromatic nitrogens is 4. The summed E-state index contributed by atoms with van der Waals surface area (Å²) in [5.74, 6) is -0.330. The standard InChI is InChI=1S/C23H40F3N5O8SSi2/c1-11(2)41(12(3)4)39-42(13(5)6,14(7)8)36-9-15-17(32)18(38-40(34,35)23(24,25)26)21(37-15)31-10-28-16-19(31)29-22(27)30-20(16)33/h10-15,17-18,21,32,41H,9H2,1-8H3,(H3,27,29,30,33)/t15-,17?,18-,21-/m1/s1. The van der Waals surface area contributed by atoms with E-state index in [1.165, 1.54) is 0 Å². The second-order valence-corrected chi connectivity index (χ2v) is 21.8. The van der Waals surface area contributed by atoms with Crippen molar-refractivity contribution >= 4 is 44.8 Å². The molecule has 0 bridgehead atoms. The number of ether oxygens (including phenoxy) is 1. The van der Waals surface area contributed by atoms with Gasteiger partial charge < -0.3 is 24.1 Å². The van der Waals surface area contributed by atoms with Gasteiger partial charge in [0.1, 0.15) is 12.2 Å². The van der Waals surface area contributed by atoms with Gasteiger partial charge in [0.05, 0.1) is 12.9 Å². The van der Waals surface area contributed by atoms with Crippen LogP contribution in [0.1, 0.15) is 61.6 Å². The maximum atomic E-state index is 13.3. The molecule has 19 heteroatoms. The number of hydrogen-bond donors (Lipinski definition) is 3. The molecule has 0 amide bonds. The van der Waals surface area contributed by atoms with Crippen LogP contribution in [0.4, 0.5) is 19.1 Å². The average Bonchev–Trinajstić information content (AvgIpc) is 3.38. The van der Waals surface area contributed by atoms with Crippen molar-refractivity contribution in [3.05, 3.63) is 16.7 Å². The van der Waals surface area contributed by atoms with Crippen molar-refractivity contribution in [3.63, 3.8) is 0 Å². The van der Waals surface area contributed by atoms with Crippen molar-refractivity contribution in [2.24, 2.45) is 0 Å². The highest BCUT2D eigenvalue weighted by atomic mass is 32.2. The summed E-state index contributed by atoms with van der Waals surface area (Å²) in [5.41, 5.74) is -0.856. The number of H-pyrrole nitrogens is 1. The van der Waals surface area contributed by atoms with E-state index in [0.717, 1.165) is 10.9 Å². The maximum absolute atomic E-state index is 13.3. The van der Waals surface area contributed by atoms with Crippen LogP contribution in [0.15, 0.2) is 11.1 Å². The largest absolute Gasteiger partial charge is 0.523 e. The Hall–Kier alpha value is -1.88. The molecule has 1 aliphatic rings. The number of fused-ring (bicyclic) bond motifs is 1. The van der Waals surface area contributed by atoms with Crippen LogP contribution in [0.25, 0.3) is 11.2 Å². The summed E-state index contributed by atoms with van der Waals surface area (Å²) >= 11 is 0. The lowest BCUT2D eigenvalue weighted by Crippen LogP contribution is -2.54. The Bertz CT molecular complexity index is 1390. The molecule has 0 spiro atoms. The smallest absolute Gasteiger partial charge is 0.437 e. The highest BCUT2D eigenvalue weighted by Crippen LogP contribution is 2.41. The molecule has 13 nitrogen and oxygen atoms in total. The Morgan fingerprint density at radius 1 is 1.17 bits per heavy atom. The number of rotatable bonds is 12. The predicted octanol–water partition coefficient (Wildman–Crippen LogP) is 3.03. The lowest BCUT2D eigenvalue weighted by Gasteiger charge is -2.43. The molecule has 2 aromatic rings. The lowest BCUT2D eigenvalue weighted by atomic mass is 10.1. The van der Waals surface area contributed by atoms with Crippen LogP contribution < -0.4 is 11.3 Å². The summed E-state index contributed by atoms with van der Waals surface area (Å²) in [5, 5.41) is 11.1. The normalized spacial score (nSPS) is 22.6. The van der Waals surface area contributed by atoms with Gasteiger partial charge in [-0.3, -0.25) is 18.5 Å². The van der Waals surface area contributed by atoms with E-state index in [0.29, 0.717) is 11.1 Å². The molecule has 0 saturated carbocycles. The van der Waals surface area contributed by atoms with Crippen LogP contribution in [0.2, 0.25) is 22.2 Å². The first kappa shape index (κ1) is 34.6. The molecular formula is C23H40F3N5O8SSi2. The second-order valence-electron chi connectivity index (χ2n) is 11.7. The van der Waals surface area contributed by atoms with Gasteiger partial charge in [0.25, 0.3) is 5.56 Å². The molecule has 0 aromatic carbocycles. The van der Waals surface area contributed by atoms with Gasteiger partial charge in [-0.2, -0.15) is 26.6 Å². The Labute approximate surface area is 245 Å². The summed E-state index contributed by atoms with van der Waals surface area (Å²) in [6, 6.07) is 0. The zero-order chi connectivity index (χ0) is 31.9. The van der Waals surface area contributed by atoms with Crippen LogP contribution in [0.5, 0.6) is 0 Å². The van der Waals surface area contributed by atoms with Crippen LogP contribution in [0.3, 0.4) is 0 Å². The first-order valence-electron chi connectivity index (χ1n) is 13.6. The Morgan fingerprint density at radius 2 is 1.74 bits per heavy atom. The summed E-state index contributed by atoms with van der Waals surface area (Å²) in [4.78, 5) is 22.4. The van der Waals surface area contributed by atoms with E-state index in [1.807, 2.05) is 27.7 Å². The molecule has 1 aliphatic heterocycles. The van der Waals surface area contributed by atoms with Crippen LogP contribution in [0, 0.1) is 0 Å². The summed E-state index contributed by atoms with van der Waals surface area (Å²) in [6.45, 7) is 15.9. The topological polar surface area (TPSA) is 181 Å². The number of nitrogen functional groups attached to an aromatic ring is 1. The molecule has 4 atom stereocenters. The van der Waals surface area contributed by atoms with Crippen molar-refractivity contribution < 1.29 is 44.2 Å². The number of imidazole rings is 1. The quantitative estimate of drug-likeness (QED) is 0.173. The second kappa shape index (κ2) is 12.6. The molecule has 0 aliphatic carbocycles. The van der Waals surface area contributed by atoms with Gasteiger partial charge in [0.15, 0.2) is 32.5 Å². The number of halogens is 3. The van der Waals surface area contributed by atoms with E-state index in [9.17, 15) is 31.5 Å².